The first-order valence-electron chi connectivity index (χ1n) is 4.19. The molecular weight excluding hydrogens is 172 g/mol. The van der Waals surface area contributed by atoms with Crippen molar-refractivity contribution in [1.29, 1.82) is 0 Å². The summed E-state index contributed by atoms with van der Waals surface area (Å²) in [5, 5.41) is 3.35. The Morgan fingerprint density at radius 1 is 1.77 bits per heavy atom. The Balaban J connectivity index is 2.31. The van der Waals surface area contributed by atoms with Crippen LogP contribution in [0.3, 0.4) is 0 Å². The molecule has 0 saturated heterocycles. The zero-order valence-corrected chi connectivity index (χ0v) is 7.22. The predicted molar refractivity (Wildman–Crippen MR) is 45.8 cm³/mol. The van der Waals surface area contributed by atoms with Crippen molar-refractivity contribution in [2.75, 3.05) is 6.54 Å². The molecule has 1 fully saturated rings. The number of rotatable bonds is 5. The molecule has 1 atom stereocenters. The number of carbonyl (C=O) groups excluding carboxylic acids is 1. The second-order valence-electron chi connectivity index (χ2n) is 3.15. The van der Waals surface area contributed by atoms with Gasteiger partial charge in [-0.3, -0.25) is 0 Å². The second-order valence-corrected chi connectivity index (χ2v) is 3.15. The zero-order chi connectivity index (χ0) is 9.68. The highest BCUT2D eigenvalue weighted by Crippen LogP contribution is 2.34. The van der Waals surface area contributed by atoms with E-state index in [2.05, 4.69) is 10.0 Å². The van der Waals surface area contributed by atoms with Gasteiger partial charge in [0.25, 0.3) is 0 Å². The largest absolute Gasteiger partial charge is 0.446 e. The Kier molecular flexibility index (Phi) is 3.40. The number of nitrogens with two attached hydrogens (primary N) is 1. The van der Waals surface area contributed by atoms with Gasteiger partial charge in [0.05, 0.1) is 6.54 Å². The molecule has 0 aromatic rings. The maximum Gasteiger partial charge on any atom is 0.404 e. The summed E-state index contributed by atoms with van der Waals surface area (Å²) < 4.78 is 4.78. The smallest absolute Gasteiger partial charge is 0.404 e. The van der Waals surface area contributed by atoms with Crippen molar-refractivity contribution >= 4 is 6.09 Å². The van der Waals surface area contributed by atoms with Gasteiger partial charge in [-0.1, -0.05) is 18.0 Å². The maximum atomic E-state index is 10.4. The molecule has 0 bridgehead atoms. The van der Waals surface area contributed by atoms with E-state index in [0.29, 0.717) is 5.92 Å². The normalized spacial score (nSPS) is 17.2. The van der Waals surface area contributed by atoms with E-state index in [4.69, 9.17) is 16.0 Å². The van der Waals surface area contributed by atoms with E-state index in [1.165, 1.54) is 0 Å². The van der Waals surface area contributed by atoms with Crippen molar-refractivity contribution in [3.05, 3.63) is 10.4 Å². The Morgan fingerprint density at radius 2 is 2.46 bits per heavy atom. The predicted octanol–water partition coefficient (Wildman–Crippen LogP) is 1.56. The standard InChI is InChI=1S/C7H12N4O2/c8-7(12)13-6(4-10-11-9)3-5-1-2-5/h5-6H,1-4H2,(H2,8,12)/t6-/m1/s1. The number of primary amides is 1. The van der Waals surface area contributed by atoms with Gasteiger partial charge in [-0.2, -0.15) is 0 Å². The van der Waals surface area contributed by atoms with Crippen molar-refractivity contribution in [3.8, 4) is 0 Å². The van der Waals surface area contributed by atoms with Crippen LogP contribution in [0.25, 0.3) is 10.4 Å². The fourth-order valence-corrected chi connectivity index (χ4v) is 1.18. The van der Waals surface area contributed by atoms with Gasteiger partial charge >= 0.3 is 6.09 Å². The molecule has 0 aromatic carbocycles. The molecule has 13 heavy (non-hydrogen) atoms. The Hall–Kier alpha value is -1.42. The van der Waals surface area contributed by atoms with Crippen molar-refractivity contribution in [1.82, 2.24) is 0 Å². The van der Waals surface area contributed by atoms with E-state index in [-0.39, 0.29) is 12.6 Å². The molecule has 72 valence electrons. The van der Waals surface area contributed by atoms with Gasteiger partial charge in [-0.05, 0) is 17.9 Å². The summed E-state index contributed by atoms with van der Waals surface area (Å²) in [6.07, 6.45) is 1.92. The fourth-order valence-electron chi connectivity index (χ4n) is 1.18. The quantitative estimate of drug-likeness (QED) is 0.398. The lowest BCUT2D eigenvalue weighted by Gasteiger charge is -2.12. The van der Waals surface area contributed by atoms with Crippen LogP contribution in [0.2, 0.25) is 0 Å². The van der Waals surface area contributed by atoms with Crippen molar-refractivity contribution in [2.24, 2.45) is 16.8 Å². The molecule has 1 aliphatic carbocycles. The van der Waals surface area contributed by atoms with E-state index in [0.717, 1.165) is 19.3 Å². The molecule has 0 aromatic heterocycles. The SMILES string of the molecule is [N-]=[N+]=NC[C@@H](CC1CC1)OC(N)=O. The molecule has 1 amide bonds. The lowest BCUT2D eigenvalue weighted by atomic mass is 10.2. The number of carbonyl (C=O) groups is 1. The summed E-state index contributed by atoms with van der Waals surface area (Å²) in [4.78, 5) is 13.0. The van der Waals surface area contributed by atoms with Crippen LogP contribution in [0.1, 0.15) is 19.3 Å². The van der Waals surface area contributed by atoms with E-state index >= 15 is 0 Å². The van der Waals surface area contributed by atoms with Gasteiger partial charge in [0.1, 0.15) is 6.10 Å². The number of hydrogen-bond acceptors (Lipinski definition) is 3. The lowest BCUT2D eigenvalue weighted by Crippen LogP contribution is -2.25. The molecule has 0 radical (unpaired) electrons. The van der Waals surface area contributed by atoms with Crippen LogP contribution < -0.4 is 5.73 Å². The summed E-state index contributed by atoms with van der Waals surface area (Å²) in [5.41, 5.74) is 13.0. The minimum absolute atomic E-state index is 0.177. The first-order chi connectivity index (χ1) is 6.22. The van der Waals surface area contributed by atoms with Gasteiger partial charge in [-0.15, -0.1) is 0 Å². The Labute approximate surface area is 75.7 Å². The minimum atomic E-state index is -0.807. The van der Waals surface area contributed by atoms with Crippen LogP contribution in [0, 0.1) is 5.92 Å². The fraction of sp³-hybridized carbons (Fsp3) is 0.857. The van der Waals surface area contributed by atoms with Crippen LogP contribution in [-0.4, -0.2) is 18.7 Å². The number of nitrogens with zero attached hydrogens (tertiary/aromatic N) is 3. The number of hydrogen-bond donors (Lipinski definition) is 1. The van der Waals surface area contributed by atoms with E-state index in [1.807, 2.05) is 0 Å². The molecule has 6 heteroatoms. The molecule has 1 saturated carbocycles. The molecule has 0 unspecified atom stereocenters. The molecule has 1 aliphatic rings. The molecular formula is C7H12N4O2. The monoisotopic (exact) mass is 184 g/mol. The molecule has 2 N–H and O–H groups in total. The number of azide groups is 1. The van der Waals surface area contributed by atoms with Crippen LogP contribution in [0.4, 0.5) is 4.79 Å². The Bertz CT molecular complexity index is 229. The Morgan fingerprint density at radius 3 is 2.92 bits per heavy atom. The summed E-state index contributed by atoms with van der Waals surface area (Å²) in [7, 11) is 0. The van der Waals surface area contributed by atoms with Gasteiger partial charge in [0.2, 0.25) is 0 Å². The molecule has 0 aliphatic heterocycles. The van der Waals surface area contributed by atoms with Crippen LogP contribution in [0.15, 0.2) is 5.11 Å². The number of ether oxygens (including phenoxy) is 1. The van der Waals surface area contributed by atoms with Gasteiger partial charge in [0, 0.05) is 4.91 Å². The van der Waals surface area contributed by atoms with Crippen molar-refractivity contribution in [2.45, 2.75) is 25.4 Å². The van der Waals surface area contributed by atoms with Crippen LogP contribution >= 0.6 is 0 Å². The summed E-state index contributed by atoms with van der Waals surface area (Å²) in [6.45, 7) is 0.177. The summed E-state index contributed by atoms with van der Waals surface area (Å²) in [6, 6.07) is 0. The third-order valence-electron chi connectivity index (χ3n) is 1.92. The number of amides is 1. The highest BCUT2D eigenvalue weighted by atomic mass is 16.6. The average Bonchev–Trinajstić information content (AvgIpc) is 2.83. The van der Waals surface area contributed by atoms with Crippen molar-refractivity contribution < 1.29 is 9.53 Å². The zero-order valence-electron chi connectivity index (χ0n) is 7.22. The highest BCUT2D eigenvalue weighted by molar-refractivity contribution is 5.64. The first kappa shape index (κ1) is 9.67. The third-order valence-corrected chi connectivity index (χ3v) is 1.92. The molecule has 6 nitrogen and oxygen atoms in total. The summed E-state index contributed by atoms with van der Waals surface area (Å²) >= 11 is 0. The second kappa shape index (κ2) is 4.57. The third kappa shape index (κ3) is 4.22. The van der Waals surface area contributed by atoms with E-state index in [1.54, 1.807) is 0 Å². The average molecular weight is 184 g/mol. The maximum absolute atomic E-state index is 10.4. The molecule has 0 spiro atoms. The van der Waals surface area contributed by atoms with Crippen LogP contribution in [0.5, 0.6) is 0 Å². The van der Waals surface area contributed by atoms with E-state index < -0.39 is 6.09 Å². The van der Waals surface area contributed by atoms with Crippen LogP contribution in [-0.2, 0) is 4.74 Å². The van der Waals surface area contributed by atoms with Crippen molar-refractivity contribution in [3.63, 3.8) is 0 Å². The molecule has 1 rings (SSSR count). The highest BCUT2D eigenvalue weighted by Gasteiger charge is 2.26. The van der Waals surface area contributed by atoms with Gasteiger partial charge in [0.15, 0.2) is 0 Å². The minimum Gasteiger partial charge on any atom is -0.446 e. The summed E-state index contributed by atoms with van der Waals surface area (Å²) in [5.74, 6) is 0.609. The first-order valence-corrected chi connectivity index (χ1v) is 4.19. The van der Waals surface area contributed by atoms with Gasteiger partial charge in [-0.25, -0.2) is 4.79 Å². The topological polar surface area (TPSA) is 101 Å². The van der Waals surface area contributed by atoms with E-state index in [9.17, 15) is 4.79 Å². The lowest BCUT2D eigenvalue weighted by molar-refractivity contribution is 0.102. The molecule has 0 heterocycles. The van der Waals surface area contributed by atoms with Gasteiger partial charge < -0.3 is 10.5 Å².